The highest BCUT2D eigenvalue weighted by Gasteiger charge is 2.24. The molecule has 1 aliphatic rings. The molecule has 3 heterocycles. The van der Waals surface area contributed by atoms with Gasteiger partial charge in [-0.25, -0.2) is 9.78 Å². The number of hydrogen-bond donors (Lipinski definition) is 1. The number of benzene rings is 1. The van der Waals surface area contributed by atoms with E-state index in [0.717, 1.165) is 21.1 Å². The van der Waals surface area contributed by atoms with E-state index in [0.29, 0.717) is 29.2 Å². The molecule has 0 radical (unpaired) electrons. The Morgan fingerprint density at radius 3 is 2.77 bits per heavy atom. The van der Waals surface area contributed by atoms with E-state index in [1.165, 1.54) is 22.7 Å². The molecular weight excluding hydrogens is 424 g/mol. The van der Waals surface area contributed by atoms with Crippen molar-refractivity contribution in [3.63, 3.8) is 0 Å². The number of esters is 1. The van der Waals surface area contributed by atoms with Crippen LogP contribution < -0.4 is 15.1 Å². The average molecular weight is 445 g/mol. The molecule has 0 saturated carbocycles. The van der Waals surface area contributed by atoms with Crippen molar-refractivity contribution in [2.24, 2.45) is 0 Å². The van der Waals surface area contributed by atoms with Gasteiger partial charge in [-0.3, -0.25) is 9.59 Å². The van der Waals surface area contributed by atoms with E-state index in [2.05, 4.69) is 10.3 Å². The molecule has 3 aromatic rings. The molecule has 1 aromatic carbocycles. The molecule has 1 N–H and O–H groups in total. The van der Waals surface area contributed by atoms with Crippen molar-refractivity contribution in [3.8, 4) is 0 Å². The first-order chi connectivity index (χ1) is 14.4. The predicted octanol–water partition coefficient (Wildman–Crippen LogP) is 3.35. The third-order valence-electron chi connectivity index (χ3n) is 4.54. The molecule has 4 rings (SSSR count). The fraction of sp³-hybridized carbons (Fsp3) is 0.300. The molecule has 0 atom stereocenters. The van der Waals surface area contributed by atoms with Gasteiger partial charge >= 0.3 is 5.97 Å². The van der Waals surface area contributed by atoms with Crippen molar-refractivity contribution in [2.75, 3.05) is 42.4 Å². The molecule has 156 valence electrons. The average Bonchev–Trinajstić information content (AvgIpc) is 3.41. The van der Waals surface area contributed by atoms with Gasteiger partial charge in [0.1, 0.15) is 9.71 Å². The monoisotopic (exact) mass is 444 g/mol. The molecule has 0 unspecified atom stereocenters. The third-order valence-corrected chi connectivity index (χ3v) is 6.85. The number of aromatic nitrogens is 1. The summed E-state index contributed by atoms with van der Waals surface area (Å²) < 4.78 is 6.08. The second kappa shape index (κ2) is 8.41. The molecule has 30 heavy (non-hydrogen) atoms. The number of thiophene rings is 1. The van der Waals surface area contributed by atoms with Crippen LogP contribution in [-0.2, 0) is 14.3 Å². The van der Waals surface area contributed by atoms with Gasteiger partial charge in [0.15, 0.2) is 11.7 Å². The molecule has 1 fully saturated rings. The van der Waals surface area contributed by atoms with Crippen molar-refractivity contribution in [1.82, 2.24) is 4.98 Å². The molecular formula is C20H20N4O4S2. The SMILES string of the molecule is CN(C)c1nc2sc(C(=O)OCC(=O)Nc3ccccc3N3CCCC3=O)cc2s1. The Morgan fingerprint density at radius 2 is 2.07 bits per heavy atom. The molecule has 2 amide bonds. The van der Waals surface area contributed by atoms with E-state index in [4.69, 9.17) is 4.74 Å². The summed E-state index contributed by atoms with van der Waals surface area (Å²) >= 11 is 2.73. The number of ether oxygens (including phenoxy) is 1. The summed E-state index contributed by atoms with van der Waals surface area (Å²) in [4.78, 5) is 45.9. The first-order valence-corrected chi connectivity index (χ1v) is 11.0. The van der Waals surface area contributed by atoms with E-state index in [1.807, 2.05) is 25.1 Å². The fourth-order valence-corrected chi connectivity index (χ4v) is 5.15. The zero-order chi connectivity index (χ0) is 21.3. The summed E-state index contributed by atoms with van der Waals surface area (Å²) in [5, 5.41) is 3.60. The summed E-state index contributed by atoms with van der Waals surface area (Å²) in [5.41, 5.74) is 1.17. The Bertz CT molecular complexity index is 1090. The first kappa shape index (κ1) is 20.3. The lowest BCUT2D eigenvalue weighted by molar-refractivity contribution is -0.119. The second-order valence-electron chi connectivity index (χ2n) is 6.96. The molecule has 0 bridgehead atoms. The van der Waals surface area contributed by atoms with Crippen molar-refractivity contribution in [3.05, 3.63) is 35.2 Å². The predicted molar refractivity (Wildman–Crippen MR) is 119 cm³/mol. The van der Waals surface area contributed by atoms with E-state index in [9.17, 15) is 14.4 Å². The zero-order valence-corrected chi connectivity index (χ0v) is 18.1. The number of hydrogen-bond acceptors (Lipinski definition) is 8. The van der Waals surface area contributed by atoms with Gasteiger partial charge in [0.2, 0.25) is 5.91 Å². The number of fused-ring (bicyclic) bond motifs is 1. The van der Waals surface area contributed by atoms with Gasteiger partial charge in [0.05, 0.1) is 16.1 Å². The van der Waals surface area contributed by atoms with Gasteiger partial charge in [-0.2, -0.15) is 0 Å². The standard InChI is InChI=1S/C20H20N4O4S2/c1-23(2)20-22-18-14(30-20)10-15(29-18)19(27)28-11-16(25)21-12-6-3-4-7-13(12)24-9-5-8-17(24)26/h3-4,6-7,10H,5,8-9,11H2,1-2H3,(H,21,25). The van der Waals surface area contributed by atoms with Gasteiger partial charge in [-0.05, 0) is 24.6 Å². The molecule has 0 aliphatic carbocycles. The maximum Gasteiger partial charge on any atom is 0.348 e. The lowest BCUT2D eigenvalue weighted by atomic mass is 10.2. The first-order valence-electron chi connectivity index (χ1n) is 9.36. The van der Waals surface area contributed by atoms with Crippen LogP contribution in [0, 0.1) is 0 Å². The Balaban J connectivity index is 1.38. The van der Waals surface area contributed by atoms with Crippen LogP contribution in [0.15, 0.2) is 30.3 Å². The van der Waals surface area contributed by atoms with E-state index in [1.54, 1.807) is 29.2 Å². The third kappa shape index (κ3) is 4.14. The van der Waals surface area contributed by atoms with Crippen LogP contribution >= 0.6 is 22.7 Å². The van der Waals surface area contributed by atoms with Gasteiger partial charge in [0.25, 0.3) is 5.91 Å². The Hall–Kier alpha value is -2.98. The number of carbonyl (C=O) groups is 3. The number of nitrogens with zero attached hydrogens (tertiary/aromatic N) is 3. The highest BCUT2D eigenvalue weighted by Crippen LogP contribution is 2.34. The minimum absolute atomic E-state index is 0.0341. The Kier molecular flexibility index (Phi) is 5.69. The van der Waals surface area contributed by atoms with Crippen molar-refractivity contribution in [1.29, 1.82) is 0 Å². The molecule has 1 saturated heterocycles. The normalized spacial score (nSPS) is 13.7. The quantitative estimate of drug-likeness (QED) is 0.587. The fourth-order valence-electron chi connectivity index (χ4n) is 3.12. The minimum Gasteiger partial charge on any atom is -0.451 e. The summed E-state index contributed by atoms with van der Waals surface area (Å²) in [7, 11) is 3.82. The van der Waals surface area contributed by atoms with Gasteiger partial charge in [-0.1, -0.05) is 23.5 Å². The van der Waals surface area contributed by atoms with Gasteiger partial charge in [-0.15, -0.1) is 11.3 Å². The van der Waals surface area contributed by atoms with Crippen LogP contribution in [0.5, 0.6) is 0 Å². The van der Waals surface area contributed by atoms with Crippen molar-refractivity contribution < 1.29 is 19.1 Å². The van der Waals surface area contributed by atoms with E-state index < -0.39 is 18.5 Å². The number of rotatable bonds is 6. The van der Waals surface area contributed by atoms with Gasteiger partial charge in [0, 0.05) is 27.1 Å². The summed E-state index contributed by atoms with van der Waals surface area (Å²) in [6, 6.07) is 8.84. The second-order valence-corrected chi connectivity index (χ2v) is 9.00. The largest absolute Gasteiger partial charge is 0.451 e. The molecule has 8 nitrogen and oxygen atoms in total. The van der Waals surface area contributed by atoms with Crippen LogP contribution in [0.4, 0.5) is 16.5 Å². The lowest BCUT2D eigenvalue weighted by Gasteiger charge is -2.19. The number of thiazole rings is 1. The number of nitrogens with one attached hydrogen (secondary N) is 1. The number of para-hydroxylation sites is 2. The Morgan fingerprint density at radius 1 is 1.27 bits per heavy atom. The highest BCUT2D eigenvalue weighted by molar-refractivity contribution is 7.29. The topological polar surface area (TPSA) is 91.8 Å². The smallest absolute Gasteiger partial charge is 0.348 e. The molecule has 1 aliphatic heterocycles. The molecule has 10 heteroatoms. The Labute approximate surface area is 181 Å². The maximum absolute atomic E-state index is 12.3. The van der Waals surface area contributed by atoms with Gasteiger partial charge < -0.3 is 19.9 Å². The van der Waals surface area contributed by atoms with Crippen molar-refractivity contribution >= 4 is 66.5 Å². The lowest BCUT2D eigenvalue weighted by Crippen LogP contribution is -2.26. The van der Waals surface area contributed by atoms with Crippen LogP contribution in [0.2, 0.25) is 0 Å². The molecule has 0 spiro atoms. The van der Waals surface area contributed by atoms with Crippen LogP contribution in [0.3, 0.4) is 0 Å². The zero-order valence-electron chi connectivity index (χ0n) is 16.5. The van der Waals surface area contributed by atoms with E-state index >= 15 is 0 Å². The van der Waals surface area contributed by atoms with E-state index in [-0.39, 0.29) is 5.91 Å². The summed E-state index contributed by atoms with van der Waals surface area (Å²) in [5.74, 6) is -0.990. The van der Waals surface area contributed by atoms with Crippen LogP contribution in [0.1, 0.15) is 22.5 Å². The number of anilines is 3. The number of carbonyl (C=O) groups excluding carboxylic acids is 3. The highest BCUT2D eigenvalue weighted by atomic mass is 32.1. The summed E-state index contributed by atoms with van der Waals surface area (Å²) in [6.45, 7) is 0.211. The number of amides is 2. The van der Waals surface area contributed by atoms with Crippen molar-refractivity contribution in [2.45, 2.75) is 12.8 Å². The van der Waals surface area contributed by atoms with Crippen LogP contribution in [0.25, 0.3) is 9.53 Å². The maximum atomic E-state index is 12.3. The molecule has 2 aromatic heterocycles. The summed E-state index contributed by atoms with van der Waals surface area (Å²) in [6.07, 6.45) is 1.30. The minimum atomic E-state index is -0.560. The van der Waals surface area contributed by atoms with Crippen LogP contribution in [-0.4, -0.2) is 50.0 Å².